The summed E-state index contributed by atoms with van der Waals surface area (Å²) in [6, 6.07) is 46.6. The summed E-state index contributed by atoms with van der Waals surface area (Å²) in [6.07, 6.45) is 0. The largest absolute Gasteiger partial charge is 0.805 e. The Labute approximate surface area is 337 Å². The monoisotopic (exact) mass is 761 g/mol. The number of benzene rings is 6. The molecule has 0 atom stereocenters. The first-order valence-corrected chi connectivity index (χ1v) is 20.8. The Balaban J connectivity index is 1.43. The van der Waals surface area contributed by atoms with Gasteiger partial charge in [0.2, 0.25) is 0 Å². The van der Waals surface area contributed by atoms with Crippen LogP contribution in [0.2, 0.25) is 0 Å². The Morgan fingerprint density at radius 3 is 0.839 bits per heavy atom. The molecule has 6 rings (SSSR count). The van der Waals surface area contributed by atoms with Crippen molar-refractivity contribution in [2.24, 2.45) is 0 Å². The molecule has 0 heterocycles. The third-order valence-corrected chi connectivity index (χ3v) is 11.3. The van der Waals surface area contributed by atoms with Gasteiger partial charge in [0, 0.05) is 15.7 Å². The Bertz CT molecular complexity index is 2140. The van der Waals surface area contributed by atoms with E-state index in [0.29, 0.717) is 11.5 Å². The summed E-state index contributed by atoms with van der Waals surface area (Å²) >= 11 is 0. The molecule has 0 aromatic heterocycles. The van der Waals surface area contributed by atoms with Crippen molar-refractivity contribution in [2.45, 2.75) is 105 Å². The van der Waals surface area contributed by atoms with Crippen molar-refractivity contribution in [3.05, 3.63) is 156 Å². The van der Waals surface area contributed by atoms with Crippen LogP contribution in [0, 0.1) is 0 Å². The van der Waals surface area contributed by atoms with Gasteiger partial charge < -0.3 is 0 Å². The molecule has 0 aliphatic carbocycles. The smallest absolute Gasteiger partial charge is 0.221 e. The van der Waals surface area contributed by atoms with Gasteiger partial charge in [-0.2, -0.15) is 0 Å². The molecule has 0 saturated heterocycles. The maximum atomic E-state index is 14.2. The highest BCUT2D eigenvalue weighted by Crippen LogP contribution is 2.47. The van der Waals surface area contributed by atoms with Crippen molar-refractivity contribution >= 4 is 8.25 Å². The maximum absolute atomic E-state index is 14.2. The highest BCUT2D eigenvalue weighted by Gasteiger charge is 2.31. The molecule has 0 saturated carbocycles. The molecule has 0 aliphatic heterocycles. The van der Waals surface area contributed by atoms with Crippen LogP contribution in [0.4, 0.5) is 0 Å². The average Bonchev–Trinajstić information content (AvgIpc) is 3.13. The molecule has 0 aliphatic rings. The highest BCUT2D eigenvalue weighted by atomic mass is 31.1. The van der Waals surface area contributed by atoms with E-state index in [1.54, 1.807) is 0 Å². The van der Waals surface area contributed by atoms with E-state index in [-0.39, 0.29) is 21.7 Å². The van der Waals surface area contributed by atoms with E-state index in [1.165, 1.54) is 22.3 Å². The third-order valence-electron chi connectivity index (χ3n) is 10.6. The number of hydrogen-bond acceptors (Lipinski definition) is 3. The van der Waals surface area contributed by atoms with Crippen LogP contribution in [-0.4, -0.2) is 0 Å². The summed E-state index contributed by atoms with van der Waals surface area (Å²) in [4.78, 5) is 0. The quantitative estimate of drug-likeness (QED) is 0.145. The fourth-order valence-corrected chi connectivity index (χ4v) is 7.71. The van der Waals surface area contributed by atoms with Crippen molar-refractivity contribution in [1.29, 1.82) is 0 Å². The highest BCUT2D eigenvalue weighted by molar-refractivity contribution is 7.34. The Kier molecular flexibility index (Phi) is 11.3. The lowest BCUT2D eigenvalue weighted by molar-refractivity contribution is 0.417. The Morgan fingerprint density at radius 1 is 0.339 bits per heavy atom. The van der Waals surface area contributed by atoms with Crippen LogP contribution in [-0.2, 0) is 26.2 Å². The maximum Gasteiger partial charge on any atom is 0.805 e. The Hall–Kier alpha value is -4.98. The first-order valence-electron chi connectivity index (χ1n) is 19.7. The van der Waals surface area contributed by atoms with Crippen LogP contribution < -0.4 is 9.05 Å². The first-order chi connectivity index (χ1) is 26.2. The summed E-state index contributed by atoms with van der Waals surface area (Å²) in [5.41, 5.74) is 12.9. The van der Waals surface area contributed by atoms with E-state index in [1.807, 2.05) is 24.3 Å². The van der Waals surface area contributed by atoms with Gasteiger partial charge in [-0.1, -0.05) is 204 Å². The zero-order chi connectivity index (χ0) is 40.6. The van der Waals surface area contributed by atoms with Gasteiger partial charge in [0.05, 0.1) is 0 Å². The topological polar surface area (TPSA) is 35.5 Å². The van der Waals surface area contributed by atoms with Crippen LogP contribution in [0.25, 0.3) is 44.5 Å². The van der Waals surface area contributed by atoms with Crippen LogP contribution in [0.3, 0.4) is 0 Å². The van der Waals surface area contributed by atoms with Crippen LogP contribution in [0.15, 0.2) is 133 Å². The Morgan fingerprint density at radius 2 is 0.589 bits per heavy atom. The predicted molar refractivity (Wildman–Crippen MR) is 238 cm³/mol. The van der Waals surface area contributed by atoms with Crippen molar-refractivity contribution < 1.29 is 13.6 Å². The van der Waals surface area contributed by atoms with Crippen molar-refractivity contribution in [1.82, 2.24) is 0 Å². The van der Waals surface area contributed by atoms with E-state index < -0.39 is 8.25 Å². The normalized spacial score (nSPS) is 12.4. The number of hydrogen-bond donors (Lipinski definition) is 0. The van der Waals surface area contributed by atoms with Gasteiger partial charge in [0.25, 0.3) is 0 Å². The van der Waals surface area contributed by atoms with Crippen LogP contribution >= 0.6 is 8.25 Å². The minimum atomic E-state index is -2.65. The van der Waals surface area contributed by atoms with Gasteiger partial charge in [-0.05, 0) is 89.4 Å². The van der Waals surface area contributed by atoms with E-state index in [4.69, 9.17) is 9.05 Å². The van der Waals surface area contributed by atoms with Crippen molar-refractivity contribution in [3.8, 4) is 56.0 Å². The van der Waals surface area contributed by atoms with Gasteiger partial charge >= 0.3 is 8.25 Å². The van der Waals surface area contributed by atoms with Gasteiger partial charge in [0.1, 0.15) is 0 Å². The molecule has 0 N–H and O–H groups in total. The van der Waals surface area contributed by atoms with E-state index in [0.717, 1.165) is 44.5 Å². The van der Waals surface area contributed by atoms with E-state index in [2.05, 4.69) is 192 Å². The van der Waals surface area contributed by atoms with E-state index in [9.17, 15) is 4.57 Å². The predicted octanol–water partition coefficient (Wildman–Crippen LogP) is 15.7. The second kappa shape index (κ2) is 15.5. The standard InChI is InChI=1S/C52H58O3P/c1-49(2,3)39-27-19-35(20-28-39)43-15-13-17-45(47(43)37-23-31-41(32-24-37)51(7,8)9)54-56(53)55-46-18-14-16-44(36-21-29-40(30-22-36)50(4,5)6)48(46)38-25-33-42(34-26-38)52(10,11)12/h13-34H,1-12H3/q+1. The summed E-state index contributed by atoms with van der Waals surface area (Å²) in [7, 11) is -2.65. The fraction of sp³-hybridized carbons (Fsp3) is 0.308. The van der Waals surface area contributed by atoms with Crippen molar-refractivity contribution in [2.75, 3.05) is 0 Å². The molecule has 56 heavy (non-hydrogen) atoms. The molecule has 288 valence electrons. The van der Waals surface area contributed by atoms with Gasteiger partial charge in [-0.15, -0.1) is 0 Å². The molecular formula is C52H58O3P+. The summed E-state index contributed by atoms with van der Waals surface area (Å²) in [5, 5.41) is 0. The molecule has 0 unspecified atom stereocenters. The lowest BCUT2D eigenvalue weighted by Crippen LogP contribution is -2.10. The average molecular weight is 762 g/mol. The first kappa shape index (κ1) is 40.7. The second-order valence-electron chi connectivity index (χ2n) is 19.1. The molecule has 6 aromatic rings. The van der Waals surface area contributed by atoms with Crippen LogP contribution in [0.1, 0.15) is 105 Å². The SMILES string of the molecule is CC(C)(C)c1ccc(-c2cccc(O[P+](=O)Oc3cccc(-c4ccc(C(C)(C)C)cc4)c3-c3ccc(C(C)(C)C)cc3)c2-c2ccc(C(C)(C)C)cc2)cc1. The van der Waals surface area contributed by atoms with E-state index >= 15 is 0 Å². The zero-order valence-electron chi connectivity index (χ0n) is 35.4. The lowest BCUT2D eigenvalue weighted by Gasteiger charge is -2.21. The molecule has 0 amide bonds. The molecule has 6 aromatic carbocycles. The van der Waals surface area contributed by atoms with Gasteiger partial charge in [-0.3, -0.25) is 0 Å². The fourth-order valence-electron chi connectivity index (χ4n) is 7.04. The summed E-state index contributed by atoms with van der Waals surface area (Å²) < 4.78 is 27.0. The van der Waals surface area contributed by atoms with Crippen LogP contribution in [0.5, 0.6) is 11.5 Å². The molecule has 4 heteroatoms. The van der Waals surface area contributed by atoms with Gasteiger partial charge in [-0.25, -0.2) is 9.05 Å². The minimum absolute atomic E-state index is 0.00524. The molecule has 0 radical (unpaired) electrons. The molecule has 0 fully saturated rings. The summed E-state index contributed by atoms with van der Waals surface area (Å²) in [5.74, 6) is 0.994. The molecule has 3 nitrogen and oxygen atoms in total. The minimum Gasteiger partial charge on any atom is -0.221 e. The molecule has 0 spiro atoms. The summed E-state index contributed by atoms with van der Waals surface area (Å²) in [6.45, 7) is 26.6. The van der Waals surface area contributed by atoms with Crippen molar-refractivity contribution in [3.63, 3.8) is 0 Å². The zero-order valence-corrected chi connectivity index (χ0v) is 36.3. The third kappa shape index (κ3) is 9.17. The van der Waals surface area contributed by atoms with Gasteiger partial charge in [0.15, 0.2) is 11.5 Å². The molecular weight excluding hydrogens is 704 g/mol. The molecule has 0 bridgehead atoms. The number of rotatable bonds is 8. The lowest BCUT2D eigenvalue weighted by atomic mass is 9.84. The second-order valence-corrected chi connectivity index (χ2v) is 19.9.